The number of sulfone groups is 1. The van der Waals surface area contributed by atoms with Crippen LogP contribution in [-0.4, -0.2) is 56.4 Å². The Morgan fingerprint density at radius 2 is 1.71 bits per heavy atom. The monoisotopic (exact) mass is 492 g/mol. The minimum atomic E-state index is -5.53. The van der Waals surface area contributed by atoms with E-state index in [0.29, 0.717) is 0 Å². The summed E-state index contributed by atoms with van der Waals surface area (Å²) in [5, 5.41) is 0.814. The van der Waals surface area contributed by atoms with Crippen molar-refractivity contribution in [1.29, 1.82) is 0 Å². The highest BCUT2D eigenvalue weighted by Crippen LogP contribution is 2.32. The third kappa shape index (κ3) is 3.94. The van der Waals surface area contributed by atoms with E-state index in [1.165, 1.54) is 4.90 Å². The average molecular weight is 492 g/mol. The topological polar surface area (TPSA) is 90.9 Å². The number of rotatable bonds is 5. The van der Waals surface area contributed by atoms with Gasteiger partial charge in [-0.2, -0.15) is 13.2 Å². The van der Waals surface area contributed by atoms with Gasteiger partial charge in [0.25, 0.3) is 15.7 Å². The number of pyridine rings is 1. The molecule has 0 spiro atoms. The molecule has 2 aromatic carbocycles. The van der Waals surface area contributed by atoms with E-state index >= 15 is 0 Å². The lowest BCUT2D eigenvalue weighted by atomic mass is 10.1. The maximum atomic E-state index is 13.0. The molecule has 34 heavy (non-hydrogen) atoms. The number of anilines is 2. The predicted octanol–water partition coefficient (Wildman–Crippen LogP) is 3.56. The van der Waals surface area contributed by atoms with Gasteiger partial charge in [0, 0.05) is 32.2 Å². The molecular weight excluding hydrogens is 473 g/mol. The lowest BCUT2D eigenvalue weighted by Gasteiger charge is -2.19. The number of carbonyl (C=O) groups is 2. The van der Waals surface area contributed by atoms with Gasteiger partial charge in [-0.05, 0) is 42.0 Å². The summed E-state index contributed by atoms with van der Waals surface area (Å²) in [6.07, 6.45) is 1.62. The number of aromatic nitrogens is 1. The van der Waals surface area contributed by atoms with Gasteiger partial charge < -0.3 is 9.80 Å². The lowest BCUT2D eigenvalue weighted by molar-refractivity contribution is -0.116. The zero-order valence-electron chi connectivity index (χ0n) is 18.1. The van der Waals surface area contributed by atoms with Crippen molar-refractivity contribution in [2.45, 2.75) is 16.9 Å². The summed E-state index contributed by atoms with van der Waals surface area (Å²) in [6.45, 7) is -0.129. The van der Waals surface area contributed by atoms with Crippen LogP contribution >= 0.6 is 0 Å². The van der Waals surface area contributed by atoms with Crippen molar-refractivity contribution >= 4 is 44.1 Å². The molecule has 0 N–H and O–H groups in total. The van der Waals surface area contributed by atoms with Gasteiger partial charge in [0.15, 0.2) is 0 Å². The Hall–Kier alpha value is -3.67. The first kappa shape index (κ1) is 23.5. The molecule has 1 fully saturated rings. The standard InChI is InChI=1S/C22H19F3N4O4S/c1-27(2)18-5-3-4-17-14(10-11-26-20(17)18)12-28-13-19(30)29(21(28)31)15-6-8-16(9-7-15)34(32,33)22(23,24)25/h3-11H,12-13H2,1-2H3. The number of nitrogens with zero attached hydrogens (tertiary/aromatic N) is 4. The Bertz CT molecular complexity index is 1390. The van der Waals surface area contributed by atoms with Crippen molar-refractivity contribution in [3.63, 3.8) is 0 Å². The maximum Gasteiger partial charge on any atom is 0.501 e. The first-order valence-corrected chi connectivity index (χ1v) is 11.5. The van der Waals surface area contributed by atoms with Crippen LogP contribution < -0.4 is 9.80 Å². The van der Waals surface area contributed by atoms with E-state index in [1.807, 2.05) is 37.2 Å². The molecule has 1 saturated heterocycles. The summed E-state index contributed by atoms with van der Waals surface area (Å²) in [6, 6.07) is 10.2. The van der Waals surface area contributed by atoms with Gasteiger partial charge in [-0.25, -0.2) is 18.1 Å². The molecule has 1 aromatic heterocycles. The fourth-order valence-electron chi connectivity index (χ4n) is 3.76. The molecule has 4 rings (SSSR count). The highest BCUT2D eigenvalue weighted by Gasteiger charge is 2.47. The van der Waals surface area contributed by atoms with Crippen LogP contribution in [0.2, 0.25) is 0 Å². The van der Waals surface area contributed by atoms with Gasteiger partial charge in [0.2, 0.25) is 0 Å². The third-order valence-corrected chi connectivity index (χ3v) is 6.93. The van der Waals surface area contributed by atoms with Crippen LogP contribution in [0.5, 0.6) is 0 Å². The van der Waals surface area contributed by atoms with Gasteiger partial charge >= 0.3 is 11.5 Å². The molecule has 178 valence electrons. The second-order valence-corrected chi connectivity index (χ2v) is 9.79. The Balaban J connectivity index is 1.61. The molecule has 2 heterocycles. The van der Waals surface area contributed by atoms with Crippen molar-refractivity contribution in [2.24, 2.45) is 0 Å². The Labute approximate surface area is 193 Å². The smallest absolute Gasteiger partial charge is 0.376 e. The number of alkyl halides is 3. The summed E-state index contributed by atoms with van der Waals surface area (Å²) in [7, 11) is -1.77. The van der Waals surface area contributed by atoms with Gasteiger partial charge in [-0.3, -0.25) is 9.78 Å². The molecule has 12 heteroatoms. The van der Waals surface area contributed by atoms with Crippen LogP contribution in [0.15, 0.2) is 59.6 Å². The first-order chi connectivity index (χ1) is 15.9. The summed E-state index contributed by atoms with van der Waals surface area (Å²) in [5.41, 5.74) is -3.08. The van der Waals surface area contributed by atoms with Crippen LogP contribution in [0.25, 0.3) is 10.9 Å². The van der Waals surface area contributed by atoms with Crippen molar-refractivity contribution in [3.8, 4) is 0 Å². The number of fused-ring (bicyclic) bond motifs is 1. The van der Waals surface area contributed by atoms with Gasteiger partial charge in [-0.15, -0.1) is 0 Å². The fourth-order valence-corrected chi connectivity index (χ4v) is 4.52. The number of amides is 3. The van der Waals surface area contributed by atoms with Gasteiger partial charge in [0.1, 0.15) is 6.54 Å². The number of carbonyl (C=O) groups excluding carboxylic acids is 2. The highest BCUT2D eigenvalue weighted by molar-refractivity contribution is 7.92. The summed E-state index contributed by atoms with van der Waals surface area (Å²) >= 11 is 0. The van der Waals surface area contributed by atoms with E-state index in [9.17, 15) is 31.2 Å². The Morgan fingerprint density at radius 3 is 2.32 bits per heavy atom. The van der Waals surface area contributed by atoms with E-state index in [0.717, 1.165) is 51.3 Å². The third-order valence-electron chi connectivity index (χ3n) is 5.43. The van der Waals surface area contributed by atoms with Crippen molar-refractivity contribution < 1.29 is 31.2 Å². The molecular formula is C22H19F3N4O4S. The van der Waals surface area contributed by atoms with E-state index < -0.39 is 32.2 Å². The Kier molecular flexibility index (Phi) is 5.72. The SMILES string of the molecule is CN(C)c1cccc2c(CN3CC(=O)N(c4ccc(S(=O)(=O)C(F)(F)F)cc4)C3=O)ccnc12. The molecule has 3 amide bonds. The van der Waals surface area contributed by atoms with Crippen molar-refractivity contribution in [2.75, 3.05) is 30.4 Å². The molecule has 0 saturated carbocycles. The molecule has 0 unspecified atom stereocenters. The van der Waals surface area contributed by atoms with Crippen LogP contribution in [-0.2, 0) is 21.2 Å². The second-order valence-electron chi connectivity index (χ2n) is 7.85. The molecule has 3 aromatic rings. The number of para-hydroxylation sites is 1. The summed E-state index contributed by atoms with van der Waals surface area (Å²) < 4.78 is 61.4. The number of hydrogen-bond donors (Lipinski definition) is 0. The number of halogens is 3. The maximum absolute atomic E-state index is 13.0. The average Bonchev–Trinajstić information content (AvgIpc) is 3.05. The van der Waals surface area contributed by atoms with Crippen LogP contribution in [0.3, 0.4) is 0 Å². The quantitative estimate of drug-likeness (QED) is 0.506. The van der Waals surface area contributed by atoms with E-state index in [1.54, 1.807) is 12.3 Å². The molecule has 1 aliphatic rings. The number of benzene rings is 2. The van der Waals surface area contributed by atoms with E-state index in [4.69, 9.17) is 0 Å². The molecule has 0 bridgehead atoms. The fraction of sp³-hybridized carbons (Fsp3) is 0.227. The zero-order chi connectivity index (χ0) is 24.8. The molecule has 8 nitrogen and oxygen atoms in total. The lowest BCUT2D eigenvalue weighted by Crippen LogP contribution is -2.33. The highest BCUT2D eigenvalue weighted by atomic mass is 32.2. The molecule has 0 radical (unpaired) electrons. The normalized spacial score (nSPS) is 14.9. The second kappa shape index (κ2) is 8.28. The number of hydrogen-bond acceptors (Lipinski definition) is 6. The van der Waals surface area contributed by atoms with E-state index in [-0.39, 0.29) is 18.8 Å². The minimum absolute atomic E-state index is 0.0203. The summed E-state index contributed by atoms with van der Waals surface area (Å²) in [4.78, 5) is 33.1. The van der Waals surface area contributed by atoms with Crippen LogP contribution in [0, 0.1) is 0 Å². The minimum Gasteiger partial charge on any atom is -0.376 e. The summed E-state index contributed by atoms with van der Waals surface area (Å²) in [5.74, 6) is -0.580. The predicted molar refractivity (Wildman–Crippen MR) is 119 cm³/mol. The largest absolute Gasteiger partial charge is 0.501 e. The van der Waals surface area contributed by atoms with Crippen molar-refractivity contribution in [3.05, 3.63) is 60.3 Å². The van der Waals surface area contributed by atoms with Gasteiger partial charge in [-0.1, -0.05) is 12.1 Å². The molecule has 0 aliphatic carbocycles. The Morgan fingerprint density at radius 1 is 1.03 bits per heavy atom. The van der Waals surface area contributed by atoms with Crippen LogP contribution in [0.1, 0.15) is 5.56 Å². The first-order valence-electron chi connectivity index (χ1n) is 9.99. The zero-order valence-corrected chi connectivity index (χ0v) is 18.9. The van der Waals surface area contributed by atoms with E-state index in [2.05, 4.69) is 4.98 Å². The van der Waals surface area contributed by atoms with Crippen molar-refractivity contribution in [1.82, 2.24) is 9.88 Å². The molecule has 0 atom stereocenters. The molecule has 1 aliphatic heterocycles. The number of urea groups is 1. The van der Waals surface area contributed by atoms with Gasteiger partial charge in [0.05, 0.1) is 21.8 Å². The number of imide groups is 1. The van der Waals surface area contributed by atoms with Crippen LogP contribution in [0.4, 0.5) is 29.3 Å².